The summed E-state index contributed by atoms with van der Waals surface area (Å²) in [6, 6.07) is -1.05. The van der Waals surface area contributed by atoms with Crippen molar-refractivity contribution in [2.45, 2.75) is 230 Å². The van der Waals surface area contributed by atoms with Crippen molar-refractivity contribution in [2.75, 3.05) is 13.2 Å². The molecule has 11 heteroatoms. The molecule has 1 heterocycles. The Kier molecular flexibility index (Phi) is 37.5. The zero-order valence-electron chi connectivity index (χ0n) is 39.4. The SMILES string of the molecule is CC/C=C/C=C/C=C\C=C/CCCCC(O)C(=O)NC(COC1OC(CO)C(O)C(O)C1OC(=O)CCCCCCC/C=C\CCCC)C(O)/C=C/CCCCCCCCCCC. The van der Waals surface area contributed by atoms with Crippen LogP contribution in [0.25, 0.3) is 0 Å². The van der Waals surface area contributed by atoms with Gasteiger partial charge in [0.1, 0.15) is 24.4 Å². The van der Waals surface area contributed by atoms with Gasteiger partial charge in [-0.25, -0.2) is 0 Å². The van der Waals surface area contributed by atoms with Crippen molar-refractivity contribution in [2.24, 2.45) is 0 Å². The van der Waals surface area contributed by atoms with Gasteiger partial charge in [0.15, 0.2) is 12.4 Å². The molecule has 11 nitrogen and oxygen atoms in total. The second-order valence-corrected chi connectivity index (χ2v) is 16.9. The summed E-state index contributed by atoms with van der Waals surface area (Å²) in [4.78, 5) is 26.2. The standard InChI is InChI=1S/C52H89NO10/c1-4-7-10-13-16-19-22-25-27-30-33-36-39-45(56)51(60)53-43(44(55)38-35-32-29-26-23-20-17-14-11-8-5-2)42-61-52-50(49(59)48(58)46(41-54)62-52)63-47(57)40-37-34-31-28-24-21-18-15-12-9-6-3/h7,10,13,15-16,18-19,22,25,27,35,38,43-46,48-50,52,54-56,58-59H,4-6,8-9,11-12,14,17,20-21,23-24,26,28-34,36-37,39-42H2,1-3H3,(H,53,60)/b10-7+,16-13+,18-15-,22-19-,27-25-,38-35+. The van der Waals surface area contributed by atoms with E-state index in [1.54, 1.807) is 6.08 Å². The minimum atomic E-state index is -1.62. The molecule has 0 aromatic heterocycles. The van der Waals surface area contributed by atoms with Gasteiger partial charge in [-0.2, -0.15) is 0 Å². The lowest BCUT2D eigenvalue weighted by Gasteiger charge is -2.41. The summed E-state index contributed by atoms with van der Waals surface area (Å²) in [5, 5.41) is 56.4. The van der Waals surface area contributed by atoms with Crippen LogP contribution in [0.2, 0.25) is 0 Å². The summed E-state index contributed by atoms with van der Waals surface area (Å²) in [6.45, 7) is 5.51. The van der Waals surface area contributed by atoms with E-state index >= 15 is 0 Å². The Labute approximate surface area is 381 Å². The summed E-state index contributed by atoms with van der Waals surface area (Å²) >= 11 is 0. The maximum absolute atomic E-state index is 13.3. The molecule has 63 heavy (non-hydrogen) atoms. The van der Waals surface area contributed by atoms with E-state index in [0.717, 1.165) is 83.5 Å². The Hall–Kier alpha value is -2.90. The summed E-state index contributed by atoms with van der Waals surface area (Å²) in [6.07, 6.45) is 38.3. The van der Waals surface area contributed by atoms with Crippen LogP contribution in [0, 0.1) is 0 Å². The highest BCUT2D eigenvalue weighted by atomic mass is 16.7. The molecule has 1 aliphatic heterocycles. The number of aliphatic hydroxyl groups excluding tert-OH is 5. The molecule has 0 aromatic rings. The van der Waals surface area contributed by atoms with Gasteiger partial charge in [0.25, 0.3) is 0 Å². The van der Waals surface area contributed by atoms with Crippen molar-refractivity contribution >= 4 is 11.9 Å². The van der Waals surface area contributed by atoms with Crippen LogP contribution in [0.15, 0.2) is 72.9 Å². The molecule has 0 saturated carbocycles. The van der Waals surface area contributed by atoms with Gasteiger partial charge in [0.2, 0.25) is 5.91 Å². The highest BCUT2D eigenvalue weighted by molar-refractivity contribution is 5.80. The first kappa shape index (κ1) is 58.1. The average Bonchev–Trinajstić information content (AvgIpc) is 3.28. The smallest absolute Gasteiger partial charge is 0.306 e. The molecule has 0 aliphatic carbocycles. The van der Waals surface area contributed by atoms with Crippen LogP contribution in [0.5, 0.6) is 0 Å². The molecule has 8 atom stereocenters. The van der Waals surface area contributed by atoms with Crippen molar-refractivity contribution in [1.82, 2.24) is 5.32 Å². The number of nitrogens with one attached hydrogen (secondary N) is 1. The first-order valence-corrected chi connectivity index (χ1v) is 24.8. The van der Waals surface area contributed by atoms with E-state index in [1.807, 2.05) is 48.6 Å². The Morgan fingerprint density at radius 3 is 1.81 bits per heavy atom. The highest BCUT2D eigenvalue weighted by Crippen LogP contribution is 2.26. The van der Waals surface area contributed by atoms with E-state index in [2.05, 4.69) is 44.3 Å². The third kappa shape index (κ3) is 30.0. The largest absolute Gasteiger partial charge is 0.454 e. The zero-order valence-corrected chi connectivity index (χ0v) is 39.4. The Bertz CT molecular complexity index is 1300. The van der Waals surface area contributed by atoms with Gasteiger partial charge in [0.05, 0.1) is 25.4 Å². The highest BCUT2D eigenvalue weighted by Gasteiger charge is 2.47. The van der Waals surface area contributed by atoms with Crippen LogP contribution in [0.1, 0.15) is 181 Å². The lowest BCUT2D eigenvalue weighted by molar-refractivity contribution is -0.305. The minimum Gasteiger partial charge on any atom is -0.454 e. The Morgan fingerprint density at radius 2 is 1.17 bits per heavy atom. The number of amides is 1. The maximum Gasteiger partial charge on any atom is 0.306 e. The number of aliphatic hydroxyl groups is 5. The molecular weight excluding hydrogens is 799 g/mol. The van der Waals surface area contributed by atoms with Crippen LogP contribution in [-0.4, -0.2) is 99.6 Å². The number of hydrogen-bond acceptors (Lipinski definition) is 10. The van der Waals surface area contributed by atoms with E-state index in [-0.39, 0.29) is 19.4 Å². The minimum absolute atomic E-state index is 0.105. The molecule has 1 fully saturated rings. The molecule has 0 radical (unpaired) electrons. The second-order valence-electron chi connectivity index (χ2n) is 16.9. The van der Waals surface area contributed by atoms with Crippen molar-refractivity contribution in [3.63, 3.8) is 0 Å². The number of rotatable bonds is 39. The molecule has 362 valence electrons. The average molecular weight is 888 g/mol. The van der Waals surface area contributed by atoms with E-state index in [0.29, 0.717) is 12.8 Å². The summed E-state index contributed by atoms with van der Waals surface area (Å²) in [5.41, 5.74) is 0. The number of carbonyl (C=O) groups excluding carboxylic acids is 2. The Balaban J connectivity index is 2.85. The second kappa shape index (κ2) is 40.6. The molecule has 0 aromatic carbocycles. The van der Waals surface area contributed by atoms with E-state index < -0.39 is 67.4 Å². The molecule has 0 bridgehead atoms. The van der Waals surface area contributed by atoms with Crippen LogP contribution < -0.4 is 5.32 Å². The zero-order chi connectivity index (χ0) is 46.2. The molecule has 1 amide bonds. The lowest BCUT2D eigenvalue weighted by atomic mass is 9.99. The van der Waals surface area contributed by atoms with Gasteiger partial charge in [-0.3, -0.25) is 9.59 Å². The van der Waals surface area contributed by atoms with Crippen molar-refractivity contribution < 1.29 is 49.3 Å². The topological polar surface area (TPSA) is 175 Å². The normalized spacial score (nSPS) is 21.2. The predicted octanol–water partition coefficient (Wildman–Crippen LogP) is 9.71. The van der Waals surface area contributed by atoms with Gasteiger partial charge in [0, 0.05) is 6.42 Å². The third-order valence-electron chi connectivity index (χ3n) is 11.2. The quantitative estimate of drug-likeness (QED) is 0.0151. The molecule has 1 rings (SSSR count). The third-order valence-corrected chi connectivity index (χ3v) is 11.2. The van der Waals surface area contributed by atoms with Gasteiger partial charge in [-0.15, -0.1) is 0 Å². The number of carbonyl (C=O) groups is 2. The maximum atomic E-state index is 13.3. The van der Waals surface area contributed by atoms with Gasteiger partial charge in [-0.05, 0) is 64.2 Å². The summed E-state index contributed by atoms with van der Waals surface area (Å²) in [7, 11) is 0. The molecule has 1 aliphatic rings. The van der Waals surface area contributed by atoms with Crippen molar-refractivity contribution in [1.29, 1.82) is 0 Å². The van der Waals surface area contributed by atoms with Crippen molar-refractivity contribution in [3.8, 4) is 0 Å². The molecule has 6 N–H and O–H groups in total. The number of unbranched alkanes of at least 4 members (excludes halogenated alkanes) is 18. The molecule has 8 unspecified atom stereocenters. The first-order chi connectivity index (χ1) is 30.7. The van der Waals surface area contributed by atoms with Gasteiger partial charge in [-0.1, -0.05) is 184 Å². The van der Waals surface area contributed by atoms with Crippen LogP contribution in [0.3, 0.4) is 0 Å². The van der Waals surface area contributed by atoms with Crippen LogP contribution in [-0.2, 0) is 23.8 Å². The van der Waals surface area contributed by atoms with E-state index in [1.165, 1.54) is 51.4 Å². The number of ether oxygens (including phenoxy) is 3. The van der Waals surface area contributed by atoms with Gasteiger partial charge >= 0.3 is 5.97 Å². The first-order valence-electron chi connectivity index (χ1n) is 24.8. The summed E-state index contributed by atoms with van der Waals surface area (Å²) < 4.78 is 17.4. The number of hydrogen-bond donors (Lipinski definition) is 6. The predicted molar refractivity (Wildman–Crippen MR) is 255 cm³/mol. The van der Waals surface area contributed by atoms with Crippen LogP contribution in [0.4, 0.5) is 0 Å². The van der Waals surface area contributed by atoms with E-state index in [9.17, 15) is 35.1 Å². The molecule has 0 spiro atoms. The summed E-state index contributed by atoms with van der Waals surface area (Å²) in [5.74, 6) is -1.26. The number of esters is 1. The van der Waals surface area contributed by atoms with E-state index in [4.69, 9.17) is 14.2 Å². The molecular formula is C52H89NO10. The molecule has 1 saturated heterocycles. The van der Waals surface area contributed by atoms with Crippen molar-refractivity contribution in [3.05, 3.63) is 72.9 Å². The Morgan fingerprint density at radius 1 is 0.635 bits per heavy atom. The number of allylic oxidation sites excluding steroid dienone is 11. The lowest BCUT2D eigenvalue weighted by Crippen LogP contribution is -2.61. The fourth-order valence-corrected chi connectivity index (χ4v) is 7.17. The fourth-order valence-electron chi connectivity index (χ4n) is 7.17. The monoisotopic (exact) mass is 888 g/mol. The van der Waals surface area contributed by atoms with Crippen LogP contribution >= 0.6 is 0 Å². The van der Waals surface area contributed by atoms with Gasteiger partial charge < -0.3 is 45.1 Å². The fraction of sp³-hybridized carbons (Fsp3) is 0.731.